The van der Waals surface area contributed by atoms with Crippen LogP contribution in [-0.4, -0.2) is 66.5 Å². The fourth-order valence-corrected chi connectivity index (χ4v) is 6.63. The van der Waals surface area contributed by atoms with Crippen molar-refractivity contribution in [2.75, 3.05) is 13.2 Å². The molecule has 1 fully saturated rings. The Balaban J connectivity index is 1.82. The minimum atomic E-state index is -2.13. The van der Waals surface area contributed by atoms with Crippen molar-refractivity contribution in [1.29, 1.82) is 0 Å². The first-order valence-electron chi connectivity index (χ1n) is 13.6. The Kier molecular flexibility index (Phi) is 9.49. The maximum atomic E-state index is 13.7. The SMILES string of the molecule is Cc1ncsc1-c1ccc([C@H](CO)NC(=O)[C@@H]2CC(O[Si](C)(C)C(C)(C)C)CN2C(=O)[C@@H](N)C(C)(C)C)cc1. The summed E-state index contributed by atoms with van der Waals surface area (Å²) in [6.45, 7) is 18.6. The zero-order valence-corrected chi connectivity index (χ0v) is 26.7. The molecule has 1 unspecified atom stereocenters. The number of rotatable bonds is 8. The van der Waals surface area contributed by atoms with Gasteiger partial charge in [0.2, 0.25) is 11.8 Å². The Bertz CT molecular complexity index is 1150. The third-order valence-corrected chi connectivity index (χ3v) is 13.6. The van der Waals surface area contributed by atoms with Gasteiger partial charge in [-0.1, -0.05) is 65.8 Å². The summed E-state index contributed by atoms with van der Waals surface area (Å²) in [4.78, 5) is 34.2. The van der Waals surface area contributed by atoms with Crippen LogP contribution < -0.4 is 11.1 Å². The molecule has 1 saturated heterocycles. The fraction of sp³-hybridized carbons (Fsp3) is 0.621. The normalized spacial score (nSPS) is 20.1. The Morgan fingerprint density at radius 3 is 2.31 bits per heavy atom. The summed E-state index contributed by atoms with van der Waals surface area (Å²) in [5.74, 6) is -0.568. The zero-order chi connectivity index (χ0) is 29.3. The minimum Gasteiger partial charge on any atom is -0.412 e. The number of aliphatic hydroxyl groups excluding tert-OH is 1. The standard InChI is InChI=1S/C29H46N4O4SSi/c1-18-24(38-17-31-18)20-12-10-19(11-13-20)22(16-34)32-26(35)23-14-21(37-39(8,9)29(5,6)7)15-33(23)27(36)25(30)28(2,3)4/h10-13,17,21-23,25,34H,14-16,30H2,1-9H3,(H,32,35)/t21?,22-,23-,25+/m0/s1. The predicted octanol–water partition coefficient (Wildman–Crippen LogP) is 4.63. The minimum absolute atomic E-state index is 0.00411. The lowest BCUT2D eigenvalue weighted by Crippen LogP contribution is -2.55. The number of hydrogen-bond donors (Lipinski definition) is 3. The topological polar surface area (TPSA) is 118 Å². The molecule has 0 spiro atoms. The van der Waals surface area contributed by atoms with Crippen molar-refractivity contribution < 1.29 is 19.1 Å². The summed E-state index contributed by atoms with van der Waals surface area (Å²) in [5, 5.41) is 13.2. The molecule has 1 aromatic heterocycles. The van der Waals surface area contributed by atoms with Crippen molar-refractivity contribution in [2.24, 2.45) is 11.1 Å². The van der Waals surface area contributed by atoms with Crippen LogP contribution in [-0.2, 0) is 14.0 Å². The molecular formula is C29H46N4O4SSi. The maximum absolute atomic E-state index is 13.7. The summed E-state index contributed by atoms with van der Waals surface area (Å²) in [6.07, 6.45) is 0.134. The fourth-order valence-electron chi connectivity index (χ4n) is 4.47. The van der Waals surface area contributed by atoms with Crippen LogP contribution in [0.3, 0.4) is 0 Å². The molecule has 2 amide bonds. The van der Waals surface area contributed by atoms with Crippen molar-refractivity contribution in [3.63, 3.8) is 0 Å². The second-order valence-corrected chi connectivity index (χ2v) is 18.8. The van der Waals surface area contributed by atoms with Gasteiger partial charge in [-0.25, -0.2) is 4.98 Å². The van der Waals surface area contributed by atoms with E-state index in [1.165, 1.54) is 0 Å². The number of amides is 2. The average Bonchev–Trinajstić information content (AvgIpc) is 3.46. The number of carbonyl (C=O) groups is 2. The molecule has 8 nitrogen and oxygen atoms in total. The van der Waals surface area contributed by atoms with Gasteiger partial charge < -0.3 is 25.5 Å². The van der Waals surface area contributed by atoms with Crippen molar-refractivity contribution in [1.82, 2.24) is 15.2 Å². The van der Waals surface area contributed by atoms with Gasteiger partial charge in [0.1, 0.15) is 6.04 Å². The number of hydrogen-bond acceptors (Lipinski definition) is 7. The highest BCUT2D eigenvalue weighted by Crippen LogP contribution is 2.39. The van der Waals surface area contributed by atoms with Crippen LogP contribution in [0.15, 0.2) is 29.8 Å². The zero-order valence-electron chi connectivity index (χ0n) is 24.9. The molecule has 2 heterocycles. The van der Waals surface area contributed by atoms with Gasteiger partial charge in [-0.2, -0.15) is 0 Å². The van der Waals surface area contributed by atoms with Crippen LogP contribution in [0.1, 0.15) is 65.3 Å². The second kappa shape index (κ2) is 11.8. The molecule has 39 heavy (non-hydrogen) atoms. The number of aliphatic hydroxyl groups is 1. The van der Waals surface area contributed by atoms with Crippen LogP contribution in [0.5, 0.6) is 0 Å². The largest absolute Gasteiger partial charge is 0.412 e. The first kappa shape index (κ1) is 31.4. The van der Waals surface area contributed by atoms with Crippen LogP contribution in [0, 0.1) is 12.3 Å². The molecule has 3 rings (SSSR count). The summed E-state index contributed by atoms with van der Waals surface area (Å²) >= 11 is 1.58. The van der Waals surface area contributed by atoms with Gasteiger partial charge in [0.05, 0.1) is 40.9 Å². The highest BCUT2D eigenvalue weighted by atomic mass is 32.1. The molecule has 1 aliphatic heterocycles. The van der Waals surface area contributed by atoms with Gasteiger partial charge in [-0.3, -0.25) is 9.59 Å². The van der Waals surface area contributed by atoms with Crippen LogP contribution in [0.4, 0.5) is 0 Å². The number of benzene rings is 1. The van der Waals surface area contributed by atoms with Crippen molar-refractivity contribution in [2.45, 2.75) is 97.2 Å². The van der Waals surface area contributed by atoms with Gasteiger partial charge in [-0.05, 0) is 41.6 Å². The number of likely N-dealkylation sites (tertiary alicyclic amines) is 1. The number of nitrogens with zero attached hydrogens (tertiary/aromatic N) is 2. The molecule has 216 valence electrons. The molecule has 4 atom stereocenters. The van der Waals surface area contributed by atoms with E-state index >= 15 is 0 Å². The first-order chi connectivity index (χ1) is 18.0. The molecule has 0 bridgehead atoms. The number of nitrogens with two attached hydrogens (primary N) is 1. The van der Waals surface area contributed by atoms with Crippen molar-refractivity contribution in [3.05, 3.63) is 41.0 Å². The Morgan fingerprint density at radius 1 is 1.21 bits per heavy atom. The predicted molar refractivity (Wildman–Crippen MR) is 160 cm³/mol. The molecule has 10 heteroatoms. The summed E-state index contributed by atoms with van der Waals surface area (Å²) in [6, 6.07) is 5.67. The van der Waals surface area contributed by atoms with Crippen LogP contribution >= 0.6 is 11.3 Å². The van der Waals surface area contributed by atoms with Gasteiger partial charge in [0.25, 0.3) is 0 Å². The Labute approximate surface area is 238 Å². The number of thiazole rings is 1. The Morgan fingerprint density at radius 2 is 1.82 bits per heavy atom. The van der Waals surface area contributed by atoms with Crippen LogP contribution in [0.2, 0.25) is 18.1 Å². The van der Waals surface area contributed by atoms with Gasteiger partial charge >= 0.3 is 0 Å². The highest BCUT2D eigenvalue weighted by molar-refractivity contribution is 7.13. The van der Waals surface area contributed by atoms with Gasteiger partial charge in [0.15, 0.2) is 8.32 Å². The van der Waals surface area contributed by atoms with E-state index in [9.17, 15) is 14.7 Å². The average molecular weight is 575 g/mol. The third-order valence-electron chi connectivity index (χ3n) is 8.13. The quantitative estimate of drug-likeness (QED) is 0.396. The van der Waals surface area contributed by atoms with E-state index in [2.05, 4.69) is 44.2 Å². The van der Waals surface area contributed by atoms with E-state index in [0.29, 0.717) is 13.0 Å². The number of carbonyl (C=O) groups excluding carboxylic acids is 2. The molecular weight excluding hydrogens is 528 g/mol. The monoisotopic (exact) mass is 574 g/mol. The van der Waals surface area contributed by atoms with E-state index in [0.717, 1.165) is 21.7 Å². The van der Waals surface area contributed by atoms with Crippen molar-refractivity contribution in [3.8, 4) is 10.4 Å². The molecule has 0 aliphatic carbocycles. The maximum Gasteiger partial charge on any atom is 0.243 e. The first-order valence-corrected chi connectivity index (χ1v) is 17.4. The van der Waals surface area contributed by atoms with E-state index in [4.69, 9.17) is 10.2 Å². The Hall–Kier alpha value is -2.11. The highest BCUT2D eigenvalue weighted by Gasteiger charge is 2.47. The van der Waals surface area contributed by atoms with E-state index in [1.54, 1.807) is 16.2 Å². The lowest BCUT2D eigenvalue weighted by Gasteiger charge is -2.38. The number of aromatic nitrogens is 1. The lowest BCUT2D eigenvalue weighted by atomic mass is 9.86. The van der Waals surface area contributed by atoms with E-state index in [-0.39, 0.29) is 29.6 Å². The van der Waals surface area contributed by atoms with Gasteiger partial charge in [0, 0.05) is 13.0 Å². The van der Waals surface area contributed by atoms with Crippen LogP contribution in [0.25, 0.3) is 10.4 Å². The molecule has 1 aromatic carbocycles. The van der Waals surface area contributed by atoms with E-state index in [1.807, 2.05) is 57.5 Å². The summed E-state index contributed by atoms with van der Waals surface area (Å²) in [7, 11) is -2.13. The number of aryl methyl sites for hydroxylation is 1. The molecule has 0 radical (unpaired) electrons. The molecule has 1 aliphatic rings. The van der Waals surface area contributed by atoms with E-state index < -0.39 is 31.9 Å². The second-order valence-electron chi connectivity index (χ2n) is 13.2. The smallest absolute Gasteiger partial charge is 0.243 e. The molecule has 2 aromatic rings. The van der Waals surface area contributed by atoms with Crippen molar-refractivity contribution >= 4 is 31.5 Å². The molecule has 0 saturated carbocycles. The molecule has 4 N–H and O–H groups in total. The lowest BCUT2D eigenvalue weighted by molar-refractivity contribution is -0.141. The summed E-state index contributed by atoms with van der Waals surface area (Å²) in [5.41, 5.74) is 10.5. The summed E-state index contributed by atoms with van der Waals surface area (Å²) < 4.78 is 6.63. The van der Waals surface area contributed by atoms with Gasteiger partial charge in [-0.15, -0.1) is 11.3 Å². The third kappa shape index (κ3) is 7.16. The number of nitrogens with one attached hydrogen (secondary N) is 1.